The quantitative estimate of drug-likeness (QED) is 0.353. The third-order valence-corrected chi connectivity index (χ3v) is 6.41. The molecule has 1 aliphatic heterocycles. The lowest BCUT2D eigenvalue weighted by molar-refractivity contribution is 0.434. The van der Waals surface area contributed by atoms with Crippen molar-refractivity contribution in [1.29, 1.82) is 0 Å². The maximum absolute atomic E-state index is 10.6. The molecule has 2 atom stereocenters. The van der Waals surface area contributed by atoms with Crippen LogP contribution in [-0.2, 0) is 0 Å². The molecule has 5 rings (SSSR count). The monoisotopic (exact) mass is 461 g/mol. The molecule has 0 spiro atoms. The number of hydrogen-bond donors (Lipinski definition) is 2. The highest BCUT2D eigenvalue weighted by Gasteiger charge is 2.43. The molecule has 5 nitrogen and oxygen atoms in total. The summed E-state index contributed by atoms with van der Waals surface area (Å²) in [5.74, 6) is 1.56. The number of hydrogen-bond acceptors (Lipinski definition) is 4. The SMILES string of the molecule is Cc1c(Cl)cccc1-c1ccc([C@H]2[C@H](c3ccccn3)NC(=S)N2c2ccccc2O)o1. The highest BCUT2D eigenvalue weighted by molar-refractivity contribution is 7.80. The van der Waals surface area contributed by atoms with Crippen molar-refractivity contribution in [2.75, 3.05) is 4.90 Å². The van der Waals surface area contributed by atoms with Crippen molar-refractivity contribution in [3.8, 4) is 17.1 Å². The van der Waals surface area contributed by atoms with Gasteiger partial charge in [0.1, 0.15) is 23.3 Å². The van der Waals surface area contributed by atoms with E-state index in [0.717, 1.165) is 22.6 Å². The minimum absolute atomic E-state index is 0.140. The number of furan rings is 1. The molecule has 160 valence electrons. The largest absolute Gasteiger partial charge is 0.506 e. The van der Waals surface area contributed by atoms with Gasteiger partial charge in [0, 0.05) is 16.8 Å². The first-order valence-electron chi connectivity index (χ1n) is 10.2. The first-order valence-corrected chi connectivity index (χ1v) is 11.0. The second kappa shape index (κ2) is 8.30. The van der Waals surface area contributed by atoms with E-state index in [1.165, 1.54) is 0 Å². The smallest absolute Gasteiger partial charge is 0.174 e. The van der Waals surface area contributed by atoms with Crippen LogP contribution in [0.15, 0.2) is 83.4 Å². The van der Waals surface area contributed by atoms with E-state index in [0.29, 0.717) is 21.6 Å². The van der Waals surface area contributed by atoms with Gasteiger partial charge in [0.25, 0.3) is 0 Å². The number of nitrogens with zero attached hydrogens (tertiary/aromatic N) is 2. The van der Waals surface area contributed by atoms with E-state index in [1.54, 1.807) is 18.3 Å². The van der Waals surface area contributed by atoms with E-state index in [-0.39, 0.29) is 17.8 Å². The number of para-hydroxylation sites is 2. The molecule has 2 N–H and O–H groups in total. The normalized spacial score (nSPS) is 18.1. The molecule has 7 heteroatoms. The van der Waals surface area contributed by atoms with E-state index < -0.39 is 0 Å². The van der Waals surface area contributed by atoms with Gasteiger partial charge in [-0.05, 0) is 67.2 Å². The Morgan fingerprint density at radius 3 is 2.62 bits per heavy atom. The summed E-state index contributed by atoms with van der Waals surface area (Å²) in [7, 11) is 0. The topological polar surface area (TPSA) is 61.5 Å². The van der Waals surface area contributed by atoms with E-state index in [4.69, 9.17) is 28.2 Å². The molecule has 32 heavy (non-hydrogen) atoms. The van der Waals surface area contributed by atoms with Gasteiger partial charge in [-0.25, -0.2) is 0 Å². The fourth-order valence-electron chi connectivity index (χ4n) is 4.10. The zero-order chi connectivity index (χ0) is 22.2. The molecule has 2 aromatic heterocycles. The van der Waals surface area contributed by atoms with Crippen LogP contribution >= 0.6 is 23.8 Å². The maximum atomic E-state index is 10.6. The van der Waals surface area contributed by atoms with Gasteiger partial charge in [-0.2, -0.15) is 0 Å². The van der Waals surface area contributed by atoms with E-state index in [1.807, 2.05) is 72.5 Å². The van der Waals surface area contributed by atoms with Gasteiger partial charge in [0.05, 0.1) is 17.4 Å². The van der Waals surface area contributed by atoms with Crippen LogP contribution in [0.5, 0.6) is 5.75 Å². The molecule has 4 aromatic rings. The van der Waals surface area contributed by atoms with Crippen LogP contribution in [0.2, 0.25) is 5.02 Å². The van der Waals surface area contributed by atoms with E-state index >= 15 is 0 Å². The lowest BCUT2D eigenvalue weighted by Gasteiger charge is -2.26. The molecule has 0 aliphatic carbocycles. The molecular formula is C25H20ClN3O2S. The molecule has 1 fully saturated rings. The summed E-state index contributed by atoms with van der Waals surface area (Å²) in [6.45, 7) is 1.97. The molecule has 0 saturated carbocycles. The number of phenolic OH excluding ortho intramolecular Hbond substituents is 1. The van der Waals surface area contributed by atoms with Crippen molar-refractivity contribution < 1.29 is 9.52 Å². The van der Waals surface area contributed by atoms with Crippen LogP contribution < -0.4 is 10.2 Å². The number of phenols is 1. The highest BCUT2D eigenvalue weighted by atomic mass is 35.5. The molecule has 2 aromatic carbocycles. The van der Waals surface area contributed by atoms with Crippen molar-refractivity contribution in [3.63, 3.8) is 0 Å². The number of benzene rings is 2. The predicted octanol–water partition coefficient (Wildman–Crippen LogP) is 6.19. The van der Waals surface area contributed by atoms with Gasteiger partial charge < -0.3 is 19.7 Å². The van der Waals surface area contributed by atoms with Crippen molar-refractivity contribution in [3.05, 3.63) is 101 Å². The lowest BCUT2D eigenvalue weighted by Crippen LogP contribution is -2.29. The number of aromatic nitrogens is 1. The molecule has 1 aliphatic rings. The summed E-state index contributed by atoms with van der Waals surface area (Å²) in [6, 6.07) is 21.9. The Morgan fingerprint density at radius 1 is 1.03 bits per heavy atom. The second-order valence-corrected chi connectivity index (χ2v) is 8.39. The van der Waals surface area contributed by atoms with Gasteiger partial charge >= 0.3 is 0 Å². The number of nitrogens with one attached hydrogen (secondary N) is 1. The highest BCUT2D eigenvalue weighted by Crippen LogP contribution is 2.45. The standard InChI is InChI=1S/C25H20ClN3O2S/c1-15-16(7-6-8-17(15)26)21-12-13-22(31-21)24-23(18-9-4-5-14-27-18)28-25(32)29(24)19-10-2-3-11-20(19)30/h2-14,23-24,30H,1H3,(H,28,32)/t23-,24-/m0/s1. The first-order chi connectivity index (χ1) is 15.5. The molecule has 0 bridgehead atoms. The third-order valence-electron chi connectivity index (χ3n) is 5.69. The van der Waals surface area contributed by atoms with Crippen molar-refractivity contribution in [1.82, 2.24) is 10.3 Å². The summed E-state index contributed by atoms with van der Waals surface area (Å²) >= 11 is 12.0. The number of pyridine rings is 1. The maximum Gasteiger partial charge on any atom is 0.174 e. The fourth-order valence-corrected chi connectivity index (χ4v) is 4.62. The minimum Gasteiger partial charge on any atom is -0.506 e. The van der Waals surface area contributed by atoms with Crippen LogP contribution in [-0.4, -0.2) is 15.2 Å². The Labute approximate surface area is 196 Å². The average Bonchev–Trinajstić information content (AvgIpc) is 3.41. The molecule has 3 heterocycles. The van der Waals surface area contributed by atoms with Gasteiger partial charge in [0.2, 0.25) is 0 Å². The van der Waals surface area contributed by atoms with Crippen LogP contribution in [0, 0.1) is 6.92 Å². The molecule has 0 amide bonds. The Bertz CT molecular complexity index is 1290. The van der Waals surface area contributed by atoms with Crippen molar-refractivity contribution >= 4 is 34.6 Å². The Kier molecular flexibility index (Phi) is 5.33. The summed E-state index contributed by atoms with van der Waals surface area (Å²) in [5, 5.41) is 15.1. The zero-order valence-corrected chi connectivity index (χ0v) is 18.8. The number of aromatic hydroxyl groups is 1. The van der Waals surface area contributed by atoms with Crippen molar-refractivity contribution in [2.24, 2.45) is 0 Å². The van der Waals surface area contributed by atoms with Crippen LogP contribution in [0.3, 0.4) is 0 Å². The average molecular weight is 462 g/mol. The lowest BCUT2D eigenvalue weighted by atomic mass is 10.0. The molecular weight excluding hydrogens is 442 g/mol. The molecule has 0 radical (unpaired) electrons. The summed E-state index contributed by atoms with van der Waals surface area (Å²) in [5.41, 5.74) is 3.31. The Morgan fingerprint density at radius 2 is 1.84 bits per heavy atom. The number of thiocarbonyl (C=S) groups is 1. The Balaban J connectivity index is 1.63. The minimum atomic E-state index is -0.348. The van der Waals surface area contributed by atoms with E-state index in [9.17, 15) is 5.11 Å². The van der Waals surface area contributed by atoms with E-state index in [2.05, 4.69) is 10.3 Å². The van der Waals surface area contributed by atoms with Crippen molar-refractivity contribution in [2.45, 2.75) is 19.0 Å². The van der Waals surface area contributed by atoms with Gasteiger partial charge in [0.15, 0.2) is 5.11 Å². The number of halogens is 1. The third kappa shape index (κ3) is 3.51. The Hall–Kier alpha value is -3.35. The first kappa shape index (κ1) is 20.5. The number of anilines is 1. The predicted molar refractivity (Wildman–Crippen MR) is 130 cm³/mol. The van der Waals surface area contributed by atoms with Crippen LogP contribution in [0.25, 0.3) is 11.3 Å². The van der Waals surface area contributed by atoms with Gasteiger partial charge in [-0.15, -0.1) is 0 Å². The van der Waals surface area contributed by atoms with Crippen LogP contribution in [0.1, 0.15) is 29.1 Å². The van der Waals surface area contributed by atoms with Crippen LogP contribution in [0.4, 0.5) is 5.69 Å². The van der Waals surface area contributed by atoms with Gasteiger partial charge in [-0.3, -0.25) is 4.98 Å². The summed E-state index contributed by atoms with van der Waals surface area (Å²) in [4.78, 5) is 6.43. The fraction of sp³-hybridized carbons (Fsp3) is 0.120. The second-order valence-electron chi connectivity index (χ2n) is 7.60. The summed E-state index contributed by atoms with van der Waals surface area (Å²) < 4.78 is 6.37. The molecule has 1 saturated heterocycles. The number of rotatable bonds is 4. The summed E-state index contributed by atoms with van der Waals surface area (Å²) in [6.07, 6.45) is 1.75. The zero-order valence-electron chi connectivity index (χ0n) is 17.2. The van der Waals surface area contributed by atoms with Gasteiger partial charge in [-0.1, -0.05) is 41.9 Å². The molecule has 0 unspecified atom stereocenters.